The van der Waals surface area contributed by atoms with Crippen LogP contribution in [0.3, 0.4) is 0 Å². The number of halogens is 1. The van der Waals surface area contributed by atoms with E-state index >= 15 is 0 Å². The number of hydrogen-bond acceptors (Lipinski definition) is 6. The van der Waals surface area contributed by atoms with Crippen LogP contribution in [0.4, 0.5) is 4.39 Å². The molecular weight excluding hydrogens is 263 g/mol. The highest BCUT2D eigenvalue weighted by atomic mass is 19.1. The van der Waals surface area contributed by atoms with Gasteiger partial charge in [0.25, 0.3) is 5.56 Å². The number of H-pyrrole nitrogens is 1. The number of ether oxygens (including phenoxy) is 1. The predicted octanol–water partition coefficient (Wildman–Crippen LogP) is -2.32. The molecule has 1 aromatic rings. The minimum Gasteiger partial charge on any atom is -0.391 e. The zero-order valence-corrected chi connectivity index (χ0v) is 9.86. The van der Waals surface area contributed by atoms with Gasteiger partial charge in [0, 0.05) is 0 Å². The monoisotopic (exact) mass is 276 g/mol. The Balaban J connectivity index is 2.41. The van der Waals surface area contributed by atoms with E-state index < -0.39 is 47.7 Å². The molecule has 0 radical (unpaired) electrons. The van der Waals surface area contributed by atoms with Gasteiger partial charge in [0.2, 0.25) is 5.82 Å². The zero-order valence-electron chi connectivity index (χ0n) is 9.86. The molecule has 0 aromatic carbocycles. The topological polar surface area (TPSA) is 125 Å². The van der Waals surface area contributed by atoms with E-state index in [-0.39, 0.29) is 0 Å². The summed E-state index contributed by atoms with van der Waals surface area (Å²) >= 11 is 0. The molecule has 1 aliphatic rings. The lowest BCUT2D eigenvalue weighted by Crippen LogP contribution is -2.39. The van der Waals surface area contributed by atoms with Gasteiger partial charge in [-0.2, -0.15) is 4.39 Å². The second-order valence-electron chi connectivity index (χ2n) is 4.36. The normalized spacial score (nSPS) is 32.5. The third-order valence-corrected chi connectivity index (χ3v) is 2.95. The molecule has 0 spiro atoms. The van der Waals surface area contributed by atoms with Crippen LogP contribution in [0.25, 0.3) is 0 Å². The molecule has 1 saturated heterocycles. The first-order valence-corrected chi connectivity index (χ1v) is 5.53. The Hall–Kier alpha value is -1.55. The molecule has 5 atom stereocenters. The average molecular weight is 276 g/mol. The molecule has 1 aromatic heterocycles. The number of aromatic nitrogens is 2. The van der Waals surface area contributed by atoms with Gasteiger partial charge >= 0.3 is 5.69 Å². The number of rotatable bonds is 2. The average Bonchev–Trinajstić information content (AvgIpc) is 2.62. The molecule has 19 heavy (non-hydrogen) atoms. The fraction of sp³-hybridized carbons (Fsp3) is 0.600. The van der Waals surface area contributed by atoms with Crippen molar-refractivity contribution in [1.82, 2.24) is 9.55 Å². The SMILES string of the molecule is C[C@H](O)[C@H]1O[C@@H](n2cc(F)c(=O)[nH]c2=O)C(O)C1O. The van der Waals surface area contributed by atoms with Crippen molar-refractivity contribution in [1.29, 1.82) is 0 Å². The number of nitrogens with zero attached hydrogens (tertiary/aromatic N) is 1. The van der Waals surface area contributed by atoms with Crippen molar-refractivity contribution in [2.24, 2.45) is 0 Å². The second kappa shape index (κ2) is 4.85. The van der Waals surface area contributed by atoms with Crippen molar-refractivity contribution < 1.29 is 24.4 Å². The van der Waals surface area contributed by atoms with Crippen LogP contribution < -0.4 is 11.2 Å². The fourth-order valence-electron chi connectivity index (χ4n) is 1.96. The third kappa shape index (κ3) is 2.32. The molecular formula is C10H13FN2O6. The van der Waals surface area contributed by atoms with Crippen LogP contribution >= 0.6 is 0 Å². The summed E-state index contributed by atoms with van der Waals surface area (Å²) < 4.78 is 18.9. The number of aromatic amines is 1. The van der Waals surface area contributed by atoms with Gasteiger partial charge in [-0.1, -0.05) is 0 Å². The largest absolute Gasteiger partial charge is 0.391 e. The first kappa shape index (κ1) is 13.9. The zero-order chi connectivity index (χ0) is 14.3. The molecule has 0 amide bonds. The van der Waals surface area contributed by atoms with Crippen LogP contribution in [-0.2, 0) is 4.74 Å². The Morgan fingerprint density at radius 2 is 2.05 bits per heavy atom. The van der Waals surface area contributed by atoms with Gasteiger partial charge < -0.3 is 20.1 Å². The second-order valence-corrected chi connectivity index (χ2v) is 4.36. The molecule has 106 valence electrons. The Bertz CT molecular complexity index is 582. The molecule has 0 saturated carbocycles. The Morgan fingerprint density at radius 1 is 1.42 bits per heavy atom. The number of hydrogen-bond donors (Lipinski definition) is 4. The smallest absolute Gasteiger partial charge is 0.330 e. The van der Waals surface area contributed by atoms with E-state index in [1.54, 1.807) is 4.98 Å². The first-order chi connectivity index (χ1) is 8.82. The van der Waals surface area contributed by atoms with E-state index in [0.29, 0.717) is 10.8 Å². The van der Waals surface area contributed by atoms with Crippen LogP contribution in [0, 0.1) is 5.82 Å². The fourth-order valence-corrected chi connectivity index (χ4v) is 1.96. The summed E-state index contributed by atoms with van der Waals surface area (Å²) in [6, 6.07) is 0. The molecule has 4 N–H and O–H groups in total. The highest BCUT2D eigenvalue weighted by Gasteiger charge is 2.46. The van der Waals surface area contributed by atoms with Crippen molar-refractivity contribution in [3.63, 3.8) is 0 Å². The lowest BCUT2D eigenvalue weighted by Gasteiger charge is -2.17. The van der Waals surface area contributed by atoms with Crippen molar-refractivity contribution in [2.75, 3.05) is 0 Å². The van der Waals surface area contributed by atoms with Crippen molar-refractivity contribution in [3.05, 3.63) is 32.9 Å². The Morgan fingerprint density at radius 3 is 2.58 bits per heavy atom. The minimum atomic E-state index is -1.54. The van der Waals surface area contributed by atoms with Gasteiger partial charge in [-0.25, -0.2) is 4.79 Å². The van der Waals surface area contributed by atoms with Crippen LogP contribution in [0.15, 0.2) is 15.8 Å². The van der Waals surface area contributed by atoms with Crippen molar-refractivity contribution in [2.45, 2.75) is 37.6 Å². The Labute approximate surface area is 105 Å². The molecule has 2 unspecified atom stereocenters. The molecule has 1 fully saturated rings. The van der Waals surface area contributed by atoms with Crippen LogP contribution in [0.2, 0.25) is 0 Å². The molecule has 0 bridgehead atoms. The van der Waals surface area contributed by atoms with Crippen LogP contribution in [-0.4, -0.2) is 49.3 Å². The highest BCUT2D eigenvalue weighted by molar-refractivity contribution is 4.95. The standard InChI is InChI=1S/C10H13FN2O6/c1-3(14)7-5(15)6(16)9(19-7)13-2-4(11)8(17)12-10(13)18/h2-3,5-7,9,14-16H,1H3,(H,12,17,18)/t3-,5?,6?,7+,9+/m0/s1. The van der Waals surface area contributed by atoms with Crippen LogP contribution in [0.5, 0.6) is 0 Å². The minimum absolute atomic E-state index is 0.576. The summed E-state index contributed by atoms with van der Waals surface area (Å²) in [7, 11) is 0. The third-order valence-electron chi connectivity index (χ3n) is 2.95. The van der Waals surface area contributed by atoms with Gasteiger partial charge in [0.1, 0.15) is 18.3 Å². The van der Waals surface area contributed by atoms with Gasteiger partial charge in [-0.15, -0.1) is 0 Å². The van der Waals surface area contributed by atoms with Gasteiger partial charge in [0.05, 0.1) is 12.3 Å². The first-order valence-electron chi connectivity index (χ1n) is 5.53. The summed E-state index contributed by atoms with van der Waals surface area (Å²) in [6.07, 6.45) is -6.02. The van der Waals surface area contributed by atoms with Crippen molar-refractivity contribution in [3.8, 4) is 0 Å². The lowest BCUT2D eigenvalue weighted by atomic mass is 10.1. The van der Waals surface area contributed by atoms with Crippen LogP contribution in [0.1, 0.15) is 13.2 Å². The van der Waals surface area contributed by atoms with E-state index in [2.05, 4.69) is 0 Å². The predicted molar refractivity (Wildman–Crippen MR) is 58.9 cm³/mol. The molecule has 8 nitrogen and oxygen atoms in total. The summed E-state index contributed by atoms with van der Waals surface area (Å²) in [5.74, 6) is -1.23. The maximum Gasteiger partial charge on any atom is 0.330 e. The molecule has 0 aliphatic carbocycles. The summed E-state index contributed by atoms with van der Waals surface area (Å²) in [4.78, 5) is 24.1. The van der Waals surface area contributed by atoms with E-state index in [1.165, 1.54) is 6.92 Å². The molecule has 2 heterocycles. The lowest BCUT2D eigenvalue weighted by molar-refractivity contribution is -0.0806. The number of aliphatic hydroxyl groups is 3. The highest BCUT2D eigenvalue weighted by Crippen LogP contribution is 2.29. The summed E-state index contributed by atoms with van der Waals surface area (Å²) in [5, 5.41) is 28.8. The van der Waals surface area contributed by atoms with Crippen molar-refractivity contribution >= 4 is 0 Å². The summed E-state index contributed by atoms with van der Waals surface area (Å²) in [5.41, 5.74) is -2.18. The number of aliphatic hydroxyl groups excluding tert-OH is 3. The molecule has 2 rings (SSSR count). The summed E-state index contributed by atoms with van der Waals surface area (Å²) in [6.45, 7) is 1.33. The maximum absolute atomic E-state index is 13.1. The van der Waals surface area contributed by atoms with E-state index in [9.17, 15) is 29.3 Å². The van der Waals surface area contributed by atoms with E-state index in [1.807, 2.05) is 0 Å². The van der Waals surface area contributed by atoms with Gasteiger partial charge in [-0.05, 0) is 6.92 Å². The molecule has 1 aliphatic heterocycles. The molecule has 9 heteroatoms. The van der Waals surface area contributed by atoms with E-state index in [0.717, 1.165) is 0 Å². The van der Waals surface area contributed by atoms with E-state index in [4.69, 9.17) is 4.74 Å². The number of nitrogens with one attached hydrogen (secondary N) is 1. The maximum atomic E-state index is 13.1. The Kier molecular flexibility index (Phi) is 3.54. The van der Waals surface area contributed by atoms with Gasteiger partial charge in [0.15, 0.2) is 6.23 Å². The van der Waals surface area contributed by atoms with Gasteiger partial charge in [-0.3, -0.25) is 14.3 Å². The quantitative estimate of drug-likeness (QED) is 0.480.